The normalized spacial score (nSPS) is 10.2. The van der Waals surface area contributed by atoms with Gasteiger partial charge in [0, 0.05) is 6.54 Å². The van der Waals surface area contributed by atoms with E-state index in [0.717, 1.165) is 5.56 Å². The molecular weight excluding hydrogens is 300 g/mol. The van der Waals surface area contributed by atoms with Gasteiger partial charge in [0.05, 0.1) is 12.1 Å². The molecule has 2 aromatic rings. The highest BCUT2D eigenvalue weighted by molar-refractivity contribution is 6.32. The molecule has 0 atom stereocenters. The fourth-order valence-electron chi connectivity index (χ4n) is 1.58. The first-order valence-electron chi connectivity index (χ1n) is 5.85. The number of anilines is 1. The van der Waals surface area contributed by atoms with Gasteiger partial charge in [-0.05, 0) is 22.9 Å². The molecule has 1 aromatic heterocycles. The van der Waals surface area contributed by atoms with Gasteiger partial charge in [-0.15, -0.1) is 5.10 Å². The van der Waals surface area contributed by atoms with Crippen molar-refractivity contribution in [2.45, 2.75) is 6.54 Å². The Balaban J connectivity index is 2.13. The fourth-order valence-corrected chi connectivity index (χ4v) is 1.86. The highest BCUT2D eigenvalue weighted by Crippen LogP contribution is 2.36. The molecule has 10 heteroatoms. The van der Waals surface area contributed by atoms with Crippen LogP contribution in [0.3, 0.4) is 0 Å². The molecule has 1 aromatic carbocycles. The first-order chi connectivity index (χ1) is 10.1. The van der Waals surface area contributed by atoms with Crippen LogP contribution in [-0.2, 0) is 11.3 Å². The second-order valence-electron chi connectivity index (χ2n) is 3.95. The number of methoxy groups -OCH3 is 1. The van der Waals surface area contributed by atoms with Crippen molar-refractivity contribution in [3.63, 3.8) is 0 Å². The number of hydrogen-bond donors (Lipinski definition) is 3. The quantitative estimate of drug-likeness (QED) is 0.672. The average molecular weight is 313 g/mol. The summed E-state index contributed by atoms with van der Waals surface area (Å²) in [6.45, 7) is 0.127. The van der Waals surface area contributed by atoms with Gasteiger partial charge in [-0.2, -0.15) is 5.21 Å². The predicted molar refractivity (Wildman–Crippen MR) is 74.2 cm³/mol. The van der Waals surface area contributed by atoms with Gasteiger partial charge in [0.15, 0.2) is 18.1 Å². The number of nitrogens with two attached hydrogens (primary N) is 1. The molecule has 0 aliphatic rings. The number of benzene rings is 1. The maximum atomic E-state index is 10.8. The highest BCUT2D eigenvalue weighted by Gasteiger charge is 2.13. The monoisotopic (exact) mass is 312 g/mol. The van der Waals surface area contributed by atoms with E-state index in [1.165, 1.54) is 7.11 Å². The van der Waals surface area contributed by atoms with Crippen LogP contribution in [0.1, 0.15) is 5.56 Å². The SMILES string of the molecule is COc1cc(CNc2nn[nH]n2)cc(Cl)c1OCC(N)=O. The zero-order valence-electron chi connectivity index (χ0n) is 11.1. The second-order valence-corrected chi connectivity index (χ2v) is 4.36. The van der Waals surface area contributed by atoms with Crippen LogP contribution in [0, 0.1) is 0 Å². The van der Waals surface area contributed by atoms with E-state index in [4.69, 9.17) is 26.8 Å². The zero-order valence-corrected chi connectivity index (χ0v) is 11.8. The summed E-state index contributed by atoms with van der Waals surface area (Å²) in [6.07, 6.45) is 0. The van der Waals surface area contributed by atoms with Crippen LogP contribution < -0.4 is 20.5 Å². The molecule has 1 amide bonds. The lowest BCUT2D eigenvalue weighted by Gasteiger charge is -2.13. The van der Waals surface area contributed by atoms with Gasteiger partial charge in [0.25, 0.3) is 11.9 Å². The van der Waals surface area contributed by atoms with Crippen LogP contribution in [0.25, 0.3) is 0 Å². The van der Waals surface area contributed by atoms with Gasteiger partial charge < -0.3 is 20.5 Å². The number of rotatable bonds is 7. The highest BCUT2D eigenvalue weighted by atomic mass is 35.5. The molecular formula is C11H13ClN6O3. The number of hydrogen-bond acceptors (Lipinski definition) is 7. The van der Waals surface area contributed by atoms with Crippen LogP contribution in [0.4, 0.5) is 5.95 Å². The van der Waals surface area contributed by atoms with Crippen molar-refractivity contribution < 1.29 is 14.3 Å². The number of aromatic amines is 1. The Morgan fingerprint density at radius 3 is 2.95 bits per heavy atom. The summed E-state index contributed by atoms with van der Waals surface area (Å²) in [6, 6.07) is 3.39. The fraction of sp³-hybridized carbons (Fsp3) is 0.273. The molecule has 0 bridgehead atoms. The summed E-state index contributed by atoms with van der Waals surface area (Å²) in [5.74, 6) is 0.421. The van der Waals surface area contributed by atoms with Crippen LogP contribution in [0.15, 0.2) is 12.1 Å². The predicted octanol–water partition coefficient (Wildman–Crippen LogP) is 0.338. The molecule has 4 N–H and O–H groups in total. The third kappa shape index (κ3) is 3.96. The molecule has 0 fully saturated rings. The molecule has 0 unspecified atom stereocenters. The minimum absolute atomic E-state index is 0.265. The van der Waals surface area contributed by atoms with Gasteiger partial charge in [-0.3, -0.25) is 4.79 Å². The van der Waals surface area contributed by atoms with Crippen molar-refractivity contribution in [1.29, 1.82) is 0 Å². The molecule has 0 aliphatic heterocycles. The summed E-state index contributed by atoms with van der Waals surface area (Å²) in [5, 5.41) is 16.5. The van der Waals surface area contributed by atoms with E-state index in [-0.39, 0.29) is 12.4 Å². The number of aromatic nitrogens is 4. The number of nitrogens with zero attached hydrogens (tertiary/aromatic N) is 3. The largest absolute Gasteiger partial charge is 0.493 e. The molecule has 0 saturated carbocycles. The van der Waals surface area contributed by atoms with Crippen molar-refractivity contribution >= 4 is 23.5 Å². The summed E-state index contributed by atoms with van der Waals surface area (Å²) in [7, 11) is 1.47. The lowest BCUT2D eigenvalue weighted by molar-refractivity contribution is -0.119. The Morgan fingerprint density at radius 1 is 1.52 bits per heavy atom. The van der Waals surface area contributed by atoms with Gasteiger partial charge in [0.2, 0.25) is 0 Å². The molecule has 2 rings (SSSR count). The number of carbonyl (C=O) groups excluding carboxylic acids is 1. The molecule has 0 saturated heterocycles. The summed E-state index contributed by atoms with van der Waals surface area (Å²) in [4.78, 5) is 10.8. The Morgan fingerprint density at radius 2 is 2.33 bits per heavy atom. The van der Waals surface area contributed by atoms with E-state index in [1.807, 2.05) is 0 Å². The lowest BCUT2D eigenvalue weighted by Crippen LogP contribution is -2.20. The number of carbonyl (C=O) groups is 1. The van der Waals surface area contributed by atoms with E-state index >= 15 is 0 Å². The van der Waals surface area contributed by atoms with Crippen molar-refractivity contribution in [2.24, 2.45) is 5.73 Å². The Labute approximate surface area is 124 Å². The first-order valence-corrected chi connectivity index (χ1v) is 6.22. The van der Waals surface area contributed by atoms with Crippen LogP contribution in [0.5, 0.6) is 11.5 Å². The van der Waals surface area contributed by atoms with E-state index < -0.39 is 5.91 Å². The lowest BCUT2D eigenvalue weighted by atomic mass is 10.2. The van der Waals surface area contributed by atoms with Crippen LogP contribution >= 0.6 is 11.6 Å². The molecule has 9 nitrogen and oxygen atoms in total. The van der Waals surface area contributed by atoms with Gasteiger partial charge in [0.1, 0.15) is 0 Å². The summed E-state index contributed by atoms with van der Waals surface area (Å²) >= 11 is 6.12. The number of primary amides is 1. The third-order valence-electron chi connectivity index (χ3n) is 2.44. The maximum absolute atomic E-state index is 10.8. The number of nitrogens with one attached hydrogen (secondary N) is 2. The Kier molecular flexibility index (Phi) is 4.77. The molecule has 0 aliphatic carbocycles. The summed E-state index contributed by atoms with van der Waals surface area (Å²) < 4.78 is 10.4. The smallest absolute Gasteiger partial charge is 0.263 e. The van der Waals surface area contributed by atoms with E-state index in [2.05, 4.69) is 25.9 Å². The first kappa shape index (κ1) is 14.9. The molecule has 0 radical (unpaired) electrons. The third-order valence-corrected chi connectivity index (χ3v) is 2.72. The average Bonchev–Trinajstić information content (AvgIpc) is 2.96. The number of halogens is 1. The zero-order chi connectivity index (χ0) is 15.2. The van der Waals surface area contributed by atoms with Gasteiger partial charge in [-0.1, -0.05) is 16.7 Å². The molecule has 112 valence electrons. The van der Waals surface area contributed by atoms with E-state index in [1.54, 1.807) is 12.1 Å². The van der Waals surface area contributed by atoms with Crippen molar-refractivity contribution in [3.8, 4) is 11.5 Å². The minimum Gasteiger partial charge on any atom is -0.493 e. The molecule has 0 spiro atoms. The number of H-pyrrole nitrogens is 1. The Bertz CT molecular complexity index is 619. The standard InChI is InChI=1S/C11H13ClN6O3/c1-20-8-3-6(4-14-11-15-17-18-16-11)2-7(12)10(8)21-5-9(13)19/h2-3H,4-5H2,1H3,(H2,13,19)(H2,14,15,16,17,18). The van der Waals surface area contributed by atoms with Crippen LogP contribution in [0.2, 0.25) is 5.02 Å². The molecule has 21 heavy (non-hydrogen) atoms. The van der Waals surface area contributed by atoms with Gasteiger partial charge >= 0.3 is 0 Å². The van der Waals surface area contributed by atoms with E-state index in [9.17, 15) is 4.79 Å². The van der Waals surface area contributed by atoms with Crippen molar-refractivity contribution in [1.82, 2.24) is 20.6 Å². The summed E-state index contributed by atoms with van der Waals surface area (Å²) in [5.41, 5.74) is 5.85. The maximum Gasteiger partial charge on any atom is 0.263 e. The Hall–Kier alpha value is -2.55. The topological polar surface area (TPSA) is 128 Å². The number of ether oxygens (including phenoxy) is 2. The van der Waals surface area contributed by atoms with E-state index in [0.29, 0.717) is 23.3 Å². The number of tetrazole rings is 1. The molecule has 1 heterocycles. The second kappa shape index (κ2) is 6.75. The van der Waals surface area contributed by atoms with Crippen LogP contribution in [-0.4, -0.2) is 40.2 Å². The van der Waals surface area contributed by atoms with Crippen molar-refractivity contribution in [3.05, 3.63) is 22.7 Å². The van der Waals surface area contributed by atoms with Gasteiger partial charge in [-0.25, -0.2) is 0 Å². The number of amides is 1. The minimum atomic E-state index is -0.601. The van der Waals surface area contributed by atoms with Crippen molar-refractivity contribution in [2.75, 3.05) is 19.0 Å².